The van der Waals surface area contributed by atoms with E-state index in [9.17, 15) is 5.11 Å². The van der Waals surface area contributed by atoms with E-state index in [0.29, 0.717) is 5.82 Å². The molecule has 2 aromatic rings. The molecule has 4 heteroatoms. The molecular formula is C13H15N3O. The molecule has 0 fully saturated rings. The second-order valence-electron chi connectivity index (χ2n) is 4.15. The molecule has 4 nitrogen and oxygen atoms in total. The van der Waals surface area contributed by atoms with Crippen LogP contribution in [0, 0.1) is 0 Å². The van der Waals surface area contributed by atoms with Crippen LogP contribution in [-0.4, -0.2) is 21.1 Å². The molecule has 0 bridgehead atoms. The van der Waals surface area contributed by atoms with E-state index >= 15 is 0 Å². The normalized spacial score (nSPS) is 12.4. The number of hydrogen-bond donors (Lipinski definition) is 2. The van der Waals surface area contributed by atoms with Crippen LogP contribution < -0.4 is 5.73 Å². The number of nitrogens with two attached hydrogens (primary N) is 1. The molecule has 0 aliphatic carbocycles. The number of phenolic OH excluding ortho intramolecular Hbond substituents is 1. The fraction of sp³-hybridized carbons (Fsp3) is 0.231. The quantitative estimate of drug-likeness (QED) is 0.840. The molecule has 0 radical (unpaired) electrons. The van der Waals surface area contributed by atoms with Crippen LogP contribution in [-0.2, 0) is 6.42 Å². The zero-order valence-electron chi connectivity index (χ0n) is 9.67. The summed E-state index contributed by atoms with van der Waals surface area (Å²) in [6.45, 7) is 1.95. The van der Waals surface area contributed by atoms with Crippen LogP contribution >= 0.6 is 0 Å². The Morgan fingerprint density at radius 2 is 2.00 bits per heavy atom. The molecule has 1 unspecified atom stereocenters. The minimum atomic E-state index is 0.102. The van der Waals surface area contributed by atoms with Crippen molar-refractivity contribution in [2.75, 3.05) is 0 Å². The average molecular weight is 229 g/mol. The molecule has 1 aromatic heterocycles. The highest BCUT2D eigenvalue weighted by molar-refractivity contribution is 5.56. The maximum atomic E-state index is 9.38. The van der Waals surface area contributed by atoms with Crippen molar-refractivity contribution < 1.29 is 5.11 Å². The van der Waals surface area contributed by atoms with Crippen molar-refractivity contribution in [2.24, 2.45) is 5.73 Å². The van der Waals surface area contributed by atoms with Gasteiger partial charge in [0.1, 0.15) is 5.75 Å². The third-order valence-corrected chi connectivity index (χ3v) is 2.37. The summed E-state index contributed by atoms with van der Waals surface area (Å²) in [4.78, 5) is 8.53. The van der Waals surface area contributed by atoms with Crippen LogP contribution in [0.1, 0.15) is 12.5 Å². The van der Waals surface area contributed by atoms with Gasteiger partial charge < -0.3 is 10.8 Å². The second-order valence-corrected chi connectivity index (χ2v) is 4.15. The van der Waals surface area contributed by atoms with E-state index in [1.165, 1.54) is 0 Å². The van der Waals surface area contributed by atoms with E-state index in [-0.39, 0.29) is 11.8 Å². The van der Waals surface area contributed by atoms with Gasteiger partial charge in [-0.2, -0.15) is 0 Å². The summed E-state index contributed by atoms with van der Waals surface area (Å²) in [5.41, 5.74) is 7.53. The summed E-state index contributed by atoms with van der Waals surface area (Å²) >= 11 is 0. The molecule has 0 saturated carbocycles. The van der Waals surface area contributed by atoms with Gasteiger partial charge in [-0.15, -0.1) is 0 Å². The first-order chi connectivity index (χ1) is 8.15. The summed E-state index contributed by atoms with van der Waals surface area (Å²) in [7, 11) is 0. The van der Waals surface area contributed by atoms with Crippen LogP contribution in [0.2, 0.25) is 0 Å². The molecule has 0 spiro atoms. The van der Waals surface area contributed by atoms with Crippen molar-refractivity contribution >= 4 is 0 Å². The molecular weight excluding hydrogens is 214 g/mol. The van der Waals surface area contributed by atoms with Gasteiger partial charge in [0.25, 0.3) is 0 Å². The molecule has 0 amide bonds. The Morgan fingerprint density at radius 3 is 2.59 bits per heavy atom. The molecule has 0 aliphatic rings. The van der Waals surface area contributed by atoms with Crippen molar-refractivity contribution in [1.82, 2.24) is 9.97 Å². The lowest BCUT2D eigenvalue weighted by Crippen LogP contribution is -2.18. The Hall–Kier alpha value is -1.94. The highest BCUT2D eigenvalue weighted by Crippen LogP contribution is 2.19. The summed E-state index contributed by atoms with van der Waals surface area (Å²) in [5, 5.41) is 9.38. The Balaban J connectivity index is 2.23. The fourth-order valence-electron chi connectivity index (χ4n) is 1.63. The SMILES string of the molecule is CC(N)Cc1cnc(-c2cccc(O)c2)nc1. The van der Waals surface area contributed by atoms with Crippen LogP contribution in [0.5, 0.6) is 5.75 Å². The van der Waals surface area contributed by atoms with Crippen LogP contribution in [0.25, 0.3) is 11.4 Å². The second kappa shape index (κ2) is 4.93. The molecule has 1 aromatic carbocycles. The van der Waals surface area contributed by atoms with Crippen molar-refractivity contribution in [3.63, 3.8) is 0 Å². The number of rotatable bonds is 3. The van der Waals surface area contributed by atoms with Crippen LogP contribution in [0.4, 0.5) is 0 Å². The number of phenols is 1. The summed E-state index contributed by atoms with van der Waals surface area (Å²) in [5.74, 6) is 0.820. The number of nitrogens with zero attached hydrogens (tertiary/aromatic N) is 2. The maximum Gasteiger partial charge on any atom is 0.159 e. The highest BCUT2D eigenvalue weighted by atomic mass is 16.3. The largest absolute Gasteiger partial charge is 0.508 e. The Bertz CT molecular complexity index is 494. The van der Waals surface area contributed by atoms with Gasteiger partial charge in [-0.3, -0.25) is 0 Å². The van der Waals surface area contributed by atoms with Crippen LogP contribution in [0.3, 0.4) is 0 Å². The summed E-state index contributed by atoms with van der Waals surface area (Å²) < 4.78 is 0. The number of aromatic hydroxyl groups is 1. The van der Waals surface area contributed by atoms with Gasteiger partial charge in [0.2, 0.25) is 0 Å². The zero-order chi connectivity index (χ0) is 12.3. The van der Waals surface area contributed by atoms with Crippen molar-refractivity contribution in [3.8, 4) is 17.1 Å². The number of benzene rings is 1. The van der Waals surface area contributed by atoms with Gasteiger partial charge in [-0.05, 0) is 31.0 Å². The Kier molecular flexibility index (Phi) is 3.35. The van der Waals surface area contributed by atoms with Crippen molar-refractivity contribution in [3.05, 3.63) is 42.2 Å². The minimum Gasteiger partial charge on any atom is -0.508 e. The van der Waals surface area contributed by atoms with E-state index in [2.05, 4.69) is 9.97 Å². The van der Waals surface area contributed by atoms with Gasteiger partial charge in [0.15, 0.2) is 5.82 Å². The predicted octanol–water partition coefficient (Wildman–Crippen LogP) is 1.74. The van der Waals surface area contributed by atoms with E-state index in [1.807, 2.05) is 13.0 Å². The average Bonchev–Trinajstić information content (AvgIpc) is 2.29. The zero-order valence-corrected chi connectivity index (χ0v) is 9.67. The predicted molar refractivity (Wildman–Crippen MR) is 66.5 cm³/mol. The third-order valence-electron chi connectivity index (χ3n) is 2.37. The topological polar surface area (TPSA) is 72.0 Å². The third kappa shape index (κ3) is 3.01. The smallest absolute Gasteiger partial charge is 0.159 e. The summed E-state index contributed by atoms with van der Waals surface area (Å²) in [6.07, 6.45) is 4.31. The number of aromatic nitrogens is 2. The number of hydrogen-bond acceptors (Lipinski definition) is 4. The van der Waals surface area contributed by atoms with Gasteiger partial charge in [0.05, 0.1) is 0 Å². The Labute approximate surface area is 100 Å². The highest BCUT2D eigenvalue weighted by Gasteiger charge is 2.03. The van der Waals surface area contributed by atoms with Crippen LogP contribution in [0.15, 0.2) is 36.7 Å². The maximum absolute atomic E-state index is 9.38. The van der Waals surface area contributed by atoms with Gasteiger partial charge in [-0.1, -0.05) is 12.1 Å². The van der Waals surface area contributed by atoms with Crippen molar-refractivity contribution in [1.29, 1.82) is 0 Å². The first-order valence-electron chi connectivity index (χ1n) is 5.51. The first kappa shape index (κ1) is 11.5. The molecule has 0 saturated heterocycles. The molecule has 88 valence electrons. The van der Waals surface area contributed by atoms with Gasteiger partial charge in [-0.25, -0.2) is 9.97 Å². The van der Waals surface area contributed by atoms with E-state index < -0.39 is 0 Å². The van der Waals surface area contributed by atoms with E-state index in [0.717, 1.165) is 17.5 Å². The molecule has 1 atom stereocenters. The summed E-state index contributed by atoms with van der Waals surface area (Å²) in [6, 6.07) is 6.99. The lowest BCUT2D eigenvalue weighted by Gasteiger charge is -2.05. The molecule has 17 heavy (non-hydrogen) atoms. The molecule has 3 N–H and O–H groups in total. The van der Waals surface area contributed by atoms with Crippen molar-refractivity contribution in [2.45, 2.75) is 19.4 Å². The van der Waals surface area contributed by atoms with Gasteiger partial charge >= 0.3 is 0 Å². The standard InChI is InChI=1S/C13H15N3O/c1-9(14)5-10-7-15-13(16-8-10)11-3-2-4-12(17)6-11/h2-4,6-9,17H,5,14H2,1H3. The molecule has 1 heterocycles. The van der Waals surface area contributed by atoms with E-state index in [1.54, 1.807) is 30.6 Å². The Morgan fingerprint density at radius 1 is 1.29 bits per heavy atom. The monoisotopic (exact) mass is 229 g/mol. The lowest BCUT2D eigenvalue weighted by atomic mass is 10.1. The fourth-order valence-corrected chi connectivity index (χ4v) is 1.63. The van der Waals surface area contributed by atoms with Gasteiger partial charge in [0, 0.05) is 24.0 Å². The van der Waals surface area contributed by atoms with E-state index in [4.69, 9.17) is 5.73 Å². The first-order valence-corrected chi connectivity index (χ1v) is 5.51. The molecule has 0 aliphatic heterocycles. The minimum absolute atomic E-state index is 0.102. The molecule has 2 rings (SSSR count). The lowest BCUT2D eigenvalue weighted by molar-refractivity contribution is 0.475.